The molecule has 32 heavy (non-hydrogen) atoms. The third-order valence-electron chi connectivity index (χ3n) is 8.95. The minimum absolute atomic E-state index is 0.180. The third-order valence-corrected chi connectivity index (χ3v) is 8.95. The van der Waals surface area contributed by atoms with Gasteiger partial charge in [-0.25, -0.2) is 0 Å². The number of benzene rings is 1. The minimum Gasteiger partial charge on any atom is -0.497 e. The van der Waals surface area contributed by atoms with Crippen LogP contribution in [0.1, 0.15) is 43.2 Å². The molecule has 2 bridgehead atoms. The largest absolute Gasteiger partial charge is 0.497 e. The summed E-state index contributed by atoms with van der Waals surface area (Å²) in [6.07, 6.45) is 10.5. The number of methoxy groups -OCH3 is 1. The highest BCUT2D eigenvalue weighted by atomic mass is 16.5. The highest BCUT2D eigenvalue weighted by Crippen LogP contribution is 2.56. The van der Waals surface area contributed by atoms with Crippen molar-refractivity contribution in [3.8, 4) is 5.75 Å². The van der Waals surface area contributed by atoms with Gasteiger partial charge in [-0.3, -0.25) is 9.58 Å². The topological polar surface area (TPSA) is 53.8 Å². The quantitative estimate of drug-likeness (QED) is 0.755. The highest BCUT2D eigenvalue weighted by molar-refractivity contribution is 5.48. The molecule has 0 spiro atoms. The molecule has 6 nitrogen and oxygen atoms in total. The maximum atomic E-state index is 12.6. The van der Waals surface area contributed by atoms with E-state index in [4.69, 9.17) is 4.74 Å². The van der Waals surface area contributed by atoms with Crippen LogP contribution < -0.4 is 4.74 Å². The fourth-order valence-electron chi connectivity index (χ4n) is 6.93. The van der Waals surface area contributed by atoms with Gasteiger partial charge in [0.25, 0.3) is 0 Å². The average molecular weight is 437 g/mol. The van der Waals surface area contributed by atoms with Gasteiger partial charge in [0.05, 0.1) is 19.3 Å². The van der Waals surface area contributed by atoms with Gasteiger partial charge in [-0.2, -0.15) is 5.10 Å². The van der Waals surface area contributed by atoms with Gasteiger partial charge in [-0.15, -0.1) is 0 Å². The molecule has 0 radical (unpaired) electrons. The summed E-state index contributed by atoms with van der Waals surface area (Å²) in [5.74, 6) is 1.76. The van der Waals surface area contributed by atoms with Gasteiger partial charge >= 0.3 is 0 Å². The van der Waals surface area contributed by atoms with Gasteiger partial charge in [0.2, 0.25) is 0 Å². The molecule has 172 valence electrons. The number of aliphatic hydroxyl groups is 1. The normalized spacial score (nSPS) is 32.8. The van der Waals surface area contributed by atoms with Crippen LogP contribution in [-0.2, 0) is 18.4 Å². The summed E-state index contributed by atoms with van der Waals surface area (Å²) in [5.41, 5.74) is 1.92. The summed E-state index contributed by atoms with van der Waals surface area (Å²) in [5, 5.41) is 17.0. The van der Waals surface area contributed by atoms with Crippen molar-refractivity contribution in [2.75, 3.05) is 39.8 Å². The molecule has 4 aliphatic rings. The fraction of sp³-hybridized carbons (Fsp3) is 0.654. The molecule has 3 fully saturated rings. The molecule has 1 aromatic carbocycles. The number of hydrogen-bond donors (Lipinski definition) is 1. The summed E-state index contributed by atoms with van der Waals surface area (Å²) in [4.78, 5) is 5.20. The molecule has 1 saturated carbocycles. The Hall–Kier alpha value is -1.89. The summed E-state index contributed by atoms with van der Waals surface area (Å²) in [6.45, 7) is 6.13. The summed E-state index contributed by atoms with van der Waals surface area (Å²) >= 11 is 0. The van der Waals surface area contributed by atoms with E-state index in [-0.39, 0.29) is 11.5 Å². The van der Waals surface area contributed by atoms with Crippen LogP contribution in [0.3, 0.4) is 0 Å². The summed E-state index contributed by atoms with van der Waals surface area (Å²) in [6, 6.07) is 8.83. The molecule has 3 unspecified atom stereocenters. The van der Waals surface area contributed by atoms with Crippen molar-refractivity contribution >= 4 is 0 Å². The van der Waals surface area contributed by atoms with Gasteiger partial charge in [-0.1, -0.05) is 6.07 Å². The number of hydrogen-bond acceptors (Lipinski definition) is 5. The van der Waals surface area contributed by atoms with Gasteiger partial charge in [-0.05, 0) is 86.9 Å². The molecular formula is C26H36N4O2. The van der Waals surface area contributed by atoms with Crippen LogP contribution in [0.25, 0.3) is 0 Å². The van der Waals surface area contributed by atoms with E-state index in [1.807, 2.05) is 23.1 Å². The van der Waals surface area contributed by atoms with Crippen molar-refractivity contribution in [3.05, 3.63) is 47.8 Å². The Morgan fingerprint density at radius 2 is 1.97 bits per heavy atom. The Balaban J connectivity index is 1.34. The molecular weight excluding hydrogens is 400 g/mol. The molecule has 3 atom stereocenters. The Morgan fingerprint density at radius 1 is 1.12 bits per heavy atom. The van der Waals surface area contributed by atoms with Crippen molar-refractivity contribution in [3.63, 3.8) is 0 Å². The molecule has 2 saturated heterocycles. The SMILES string of the molecule is COc1ccc2c(c1)C13CCN(CCn4cccn4)CCC1(O)C(C2)N(CC1CC1)CC3. The summed E-state index contributed by atoms with van der Waals surface area (Å²) in [7, 11) is 1.75. The first-order valence-electron chi connectivity index (χ1n) is 12.4. The number of nitrogens with zero attached hydrogens (tertiary/aromatic N) is 4. The average Bonchev–Trinajstić information content (AvgIpc) is 3.50. The van der Waals surface area contributed by atoms with Crippen molar-refractivity contribution in [1.29, 1.82) is 0 Å². The number of ether oxygens (including phenoxy) is 1. The molecule has 3 heterocycles. The van der Waals surface area contributed by atoms with E-state index in [2.05, 4.69) is 33.1 Å². The lowest BCUT2D eigenvalue weighted by Crippen LogP contribution is -2.71. The standard InChI is InChI=1S/C26H36N4O2/c1-32-22-6-5-21-17-24-26(31)9-13-28(15-16-30-11-2-10-27-30)12-7-25(26,23(21)18-22)8-14-29(24)19-20-3-4-20/h2,5-6,10-11,18,20,24,31H,3-4,7-9,12-17,19H2,1H3. The zero-order valence-electron chi connectivity index (χ0n) is 19.2. The number of likely N-dealkylation sites (tertiary alicyclic amines) is 2. The fourth-order valence-corrected chi connectivity index (χ4v) is 6.93. The number of fused-ring (bicyclic) bond motifs is 1. The zero-order valence-corrected chi connectivity index (χ0v) is 19.2. The first-order chi connectivity index (χ1) is 15.6. The van der Waals surface area contributed by atoms with E-state index in [1.165, 1.54) is 24.0 Å². The Morgan fingerprint density at radius 3 is 2.75 bits per heavy atom. The second-order valence-corrected chi connectivity index (χ2v) is 10.5. The lowest BCUT2D eigenvalue weighted by atomic mass is 9.52. The van der Waals surface area contributed by atoms with Gasteiger partial charge < -0.3 is 14.7 Å². The number of piperidine rings is 1. The smallest absolute Gasteiger partial charge is 0.119 e. The monoisotopic (exact) mass is 436 g/mol. The molecule has 6 rings (SSSR count). The molecule has 0 amide bonds. The Kier molecular flexibility index (Phi) is 5.08. The van der Waals surface area contributed by atoms with E-state index in [9.17, 15) is 5.11 Å². The lowest BCUT2D eigenvalue weighted by molar-refractivity contribution is -0.149. The first kappa shape index (κ1) is 20.7. The van der Waals surface area contributed by atoms with E-state index in [0.29, 0.717) is 0 Å². The second-order valence-electron chi connectivity index (χ2n) is 10.5. The zero-order chi connectivity index (χ0) is 21.8. The van der Waals surface area contributed by atoms with Crippen LogP contribution in [0, 0.1) is 5.92 Å². The summed E-state index contributed by atoms with van der Waals surface area (Å²) < 4.78 is 7.64. The van der Waals surface area contributed by atoms with Crippen LogP contribution in [-0.4, -0.2) is 76.2 Å². The van der Waals surface area contributed by atoms with E-state index in [1.54, 1.807) is 7.11 Å². The minimum atomic E-state index is -0.681. The Labute approximate surface area is 191 Å². The second kappa shape index (κ2) is 7.86. The van der Waals surface area contributed by atoms with Crippen molar-refractivity contribution in [1.82, 2.24) is 19.6 Å². The number of rotatable bonds is 6. The van der Waals surface area contributed by atoms with Gasteiger partial charge in [0, 0.05) is 43.5 Å². The van der Waals surface area contributed by atoms with Crippen LogP contribution in [0.5, 0.6) is 5.75 Å². The highest BCUT2D eigenvalue weighted by Gasteiger charge is 2.63. The van der Waals surface area contributed by atoms with Crippen LogP contribution in [0.2, 0.25) is 0 Å². The van der Waals surface area contributed by atoms with Crippen LogP contribution in [0.15, 0.2) is 36.7 Å². The molecule has 1 aromatic heterocycles. The maximum absolute atomic E-state index is 12.6. The molecule has 2 aromatic rings. The Bertz CT molecular complexity index is 959. The predicted molar refractivity (Wildman–Crippen MR) is 124 cm³/mol. The third kappa shape index (κ3) is 3.30. The van der Waals surface area contributed by atoms with Crippen molar-refractivity contribution in [2.24, 2.45) is 5.92 Å². The molecule has 6 heteroatoms. The lowest BCUT2D eigenvalue weighted by Gasteiger charge is -2.61. The van der Waals surface area contributed by atoms with Gasteiger partial charge in [0.15, 0.2) is 0 Å². The molecule has 2 aliphatic heterocycles. The van der Waals surface area contributed by atoms with E-state index >= 15 is 0 Å². The van der Waals surface area contributed by atoms with E-state index < -0.39 is 5.60 Å². The van der Waals surface area contributed by atoms with Crippen LogP contribution >= 0.6 is 0 Å². The van der Waals surface area contributed by atoms with Crippen molar-refractivity contribution in [2.45, 2.75) is 62.1 Å². The van der Waals surface area contributed by atoms with Crippen LogP contribution in [0.4, 0.5) is 0 Å². The van der Waals surface area contributed by atoms with Crippen molar-refractivity contribution < 1.29 is 9.84 Å². The number of aromatic nitrogens is 2. The van der Waals surface area contributed by atoms with Gasteiger partial charge in [0.1, 0.15) is 5.75 Å². The predicted octanol–water partition coefficient (Wildman–Crippen LogP) is 2.70. The maximum Gasteiger partial charge on any atom is 0.119 e. The molecule has 1 N–H and O–H groups in total. The molecule has 2 aliphatic carbocycles. The first-order valence-corrected chi connectivity index (χ1v) is 12.4. The van der Waals surface area contributed by atoms with E-state index in [0.717, 1.165) is 76.6 Å².